The van der Waals surface area contributed by atoms with Crippen molar-refractivity contribution in [2.75, 3.05) is 18.8 Å². The molecule has 1 aliphatic heterocycles. The van der Waals surface area contributed by atoms with Crippen LogP contribution in [0.3, 0.4) is 0 Å². The molecule has 0 radical (unpaired) electrons. The molecule has 2 nitrogen and oxygen atoms in total. The zero-order valence-corrected chi connectivity index (χ0v) is 6.27. The van der Waals surface area contributed by atoms with Gasteiger partial charge in [-0.3, -0.25) is 4.99 Å². The molecule has 1 aliphatic rings. The van der Waals surface area contributed by atoms with Crippen LogP contribution in [0.5, 0.6) is 0 Å². The van der Waals surface area contributed by atoms with E-state index in [1.165, 1.54) is 0 Å². The zero-order chi connectivity index (χ0) is 6.53. The summed E-state index contributed by atoms with van der Waals surface area (Å²) in [4.78, 5) is 4.16. The quantitative estimate of drug-likeness (QED) is 0.537. The Morgan fingerprint density at radius 1 is 1.78 bits per heavy atom. The second-order valence-electron chi connectivity index (χ2n) is 2.13. The van der Waals surface area contributed by atoms with E-state index in [4.69, 9.17) is 0 Å². The summed E-state index contributed by atoms with van der Waals surface area (Å²) in [7, 11) is 0. The SMILES string of the molecule is SCCC1C=NCCN1. The highest BCUT2D eigenvalue weighted by molar-refractivity contribution is 7.80. The molecule has 1 unspecified atom stereocenters. The maximum absolute atomic E-state index is 4.16. The van der Waals surface area contributed by atoms with Crippen molar-refractivity contribution in [2.45, 2.75) is 12.5 Å². The summed E-state index contributed by atoms with van der Waals surface area (Å²) in [6.45, 7) is 1.96. The molecule has 0 aromatic carbocycles. The Hall–Kier alpha value is -0.0200. The van der Waals surface area contributed by atoms with Gasteiger partial charge in [0.1, 0.15) is 0 Å². The van der Waals surface area contributed by atoms with Crippen LogP contribution in [0.25, 0.3) is 0 Å². The number of nitrogens with zero attached hydrogens (tertiary/aromatic N) is 1. The van der Waals surface area contributed by atoms with Gasteiger partial charge in [-0.2, -0.15) is 12.6 Å². The van der Waals surface area contributed by atoms with E-state index >= 15 is 0 Å². The van der Waals surface area contributed by atoms with E-state index < -0.39 is 0 Å². The molecule has 0 aromatic rings. The van der Waals surface area contributed by atoms with Gasteiger partial charge < -0.3 is 5.32 Å². The van der Waals surface area contributed by atoms with E-state index in [0.717, 1.165) is 25.3 Å². The van der Waals surface area contributed by atoms with E-state index in [9.17, 15) is 0 Å². The largest absolute Gasteiger partial charge is 0.307 e. The van der Waals surface area contributed by atoms with Gasteiger partial charge >= 0.3 is 0 Å². The topological polar surface area (TPSA) is 24.4 Å². The summed E-state index contributed by atoms with van der Waals surface area (Å²) in [5, 5.41) is 3.32. The Balaban J connectivity index is 2.23. The van der Waals surface area contributed by atoms with Crippen LogP contribution < -0.4 is 5.32 Å². The first-order valence-corrected chi connectivity index (χ1v) is 3.91. The van der Waals surface area contributed by atoms with E-state index in [-0.39, 0.29) is 0 Å². The van der Waals surface area contributed by atoms with Crippen LogP contribution in [0.4, 0.5) is 0 Å². The Morgan fingerprint density at radius 2 is 2.67 bits per heavy atom. The molecule has 1 rings (SSSR count). The second kappa shape index (κ2) is 3.90. The molecule has 0 saturated heterocycles. The zero-order valence-electron chi connectivity index (χ0n) is 5.38. The van der Waals surface area contributed by atoms with Gasteiger partial charge in [0.2, 0.25) is 0 Å². The molecule has 1 N–H and O–H groups in total. The number of hydrogen-bond donors (Lipinski definition) is 2. The first-order valence-electron chi connectivity index (χ1n) is 3.27. The molecule has 0 aromatic heterocycles. The van der Waals surface area contributed by atoms with E-state index in [0.29, 0.717) is 6.04 Å². The van der Waals surface area contributed by atoms with Gasteiger partial charge in [0.25, 0.3) is 0 Å². The highest BCUT2D eigenvalue weighted by atomic mass is 32.1. The molecule has 52 valence electrons. The van der Waals surface area contributed by atoms with Crippen molar-refractivity contribution in [1.82, 2.24) is 5.32 Å². The Kier molecular flexibility index (Phi) is 3.08. The highest BCUT2D eigenvalue weighted by Crippen LogP contribution is 1.94. The van der Waals surface area contributed by atoms with Gasteiger partial charge in [-0.25, -0.2) is 0 Å². The molecule has 0 fully saturated rings. The van der Waals surface area contributed by atoms with Crippen LogP contribution in [0, 0.1) is 0 Å². The summed E-state index contributed by atoms with van der Waals surface area (Å²) in [5.41, 5.74) is 0. The molecule has 0 aliphatic carbocycles. The molecule has 0 bridgehead atoms. The third-order valence-electron chi connectivity index (χ3n) is 1.37. The minimum Gasteiger partial charge on any atom is -0.307 e. The highest BCUT2D eigenvalue weighted by Gasteiger charge is 2.05. The first-order chi connectivity index (χ1) is 4.43. The van der Waals surface area contributed by atoms with Crippen LogP contribution >= 0.6 is 12.6 Å². The lowest BCUT2D eigenvalue weighted by Gasteiger charge is -2.15. The molecule has 0 spiro atoms. The third-order valence-corrected chi connectivity index (χ3v) is 1.63. The lowest BCUT2D eigenvalue weighted by atomic mass is 10.2. The maximum Gasteiger partial charge on any atom is 0.0511 e. The summed E-state index contributed by atoms with van der Waals surface area (Å²) >= 11 is 4.13. The molecule has 9 heavy (non-hydrogen) atoms. The predicted molar refractivity (Wildman–Crippen MR) is 43.6 cm³/mol. The molecule has 0 amide bonds. The van der Waals surface area contributed by atoms with E-state index in [1.807, 2.05) is 6.21 Å². The number of thiol groups is 1. The minimum absolute atomic E-state index is 0.483. The number of rotatable bonds is 2. The van der Waals surface area contributed by atoms with Crippen molar-refractivity contribution >= 4 is 18.8 Å². The lowest BCUT2D eigenvalue weighted by molar-refractivity contribution is 0.598. The molecule has 0 saturated carbocycles. The van der Waals surface area contributed by atoms with Gasteiger partial charge in [-0.05, 0) is 12.2 Å². The Morgan fingerprint density at radius 3 is 3.22 bits per heavy atom. The van der Waals surface area contributed by atoms with Crippen molar-refractivity contribution < 1.29 is 0 Å². The Labute approximate surface area is 61.2 Å². The van der Waals surface area contributed by atoms with Crippen molar-refractivity contribution in [3.63, 3.8) is 0 Å². The van der Waals surface area contributed by atoms with Crippen LogP contribution in [0.15, 0.2) is 4.99 Å². The fourth-order valence-corrected chi connectivity index (χ4v) is 1.16. The van der Waals surface area contributed by atoms with Gasteiger partial charge in [0, 0.05) is 18.8 Å². The van der Waals surface area contributed by atoms with Gasteiger partial charge in [-0.15, -0.1) is 0 Å². The average Bonchev–Trinajstić information content (AvgIpc) is 1.91. The second-order valence-corrected chi connectivity index (χ2v) is 2.58. The fourth-order valence-electron chi connectivity index (χ4n) is 0.885. The summed E-state index contributed by atoms with van der Waals surface area (Å²) < 4.78 is 0. The average molecular weight is 144 g/mol. The smallest absolute Gasteiger partial charge is 0.0511 e. The minimum atomic E-state index is 0.483. The summed E-state index contributed by atoms with van der Waals surface area (Å²) in [6.07, 6.45) is 3.08. The molecule has 1 atom stereocenters. The normalized spacial score (nSPS) is 26.6. The third kappa shape index (κ3) is 2.37. The van der Waals surface area contributed by atoms with Crippen LogP contribution in [0.1, 0.15) is 6.42 Å². The first kappa shape index (κ1) is 7.09. The fraction of sp³-hybridized carbons (Fsp3) is 0.833. The maximum atomic E-state index is 4.16. The lowest BCUT2D eigenvalue weighted by Crippen LogP contribution is -2.36. The van der Waals surface area contributed by atoms with Crippen LogP contribution in [-0.4, -0.2) is 31.1 Å². The van der Waals surface area contributed by atoms with Crippen molar-refractivity contribution in [3.05, 3.63) is 0 Å². The van der Waals surface area contributed by atoms with E-state index in [1.54, 1.807) is 0 Å². The van der Waals surface area contributed by atoms with E-state index in [2.05, 4.69) is 22.9 Å². The number of hydrogen-bond acceptors (Lipinski definition) is 3. The summed E-state index contributed by atoms with van der Waals surface area (Å²) in [6, 6.07) is 0.483. The molecular weight excluding hydrogens is 132 g/mol. The number of nitrogens with one attached hydrogen (secondary N) is 1. The van der Waals surface area contributed by atoms with Gasteiger partial charge in [0.05, 0.1) is 6.54 Å². The number of aliphatic imine (C=N–C) groups is 1. The van der Waals surface area contributed by atoms with Crippen LogP contribution in [-0.2, 0) is 0 Å². The van der Waals surface area contributed by atoms with Crippen molar-refractivity contribution in [2.24, 2.45) is 4.99 Å². The van der Waals surface area contributed by atoms with Crippen LogP contribution in [0.2, 0.25) is 0 Å². The molecule has 1 heterocycles. The van der Waals surface area contributed by atoms with Crippen molar-refractivity contribution in [3.8, 4) is 0 Å². The molecule has 3 heteroatoms. The monoisotopic (exact) mass is 144 g/mol. The van der Waals surface area contributed by atoms with Gasteiger partial charge in [0.15, 0.2) is 0 Å². The van der Waals surface area contributed by atoms with Gasteiger partial charge in [-0.1, -0.05) is 0 Å². The predicted octanol–water partition coefficient (Wildman–Crippen LogP) is 0.349. The molecular formula is C6H12N2S. The Bertz CT molecular complexity index is 103. The standard InChI is InChI=1S/C6H12N2S/c9-4-1-6-5-7-2-3-8-6/h5-6,8-9H,1-4H2. The van der Waals surface area contributed by atoms with Crippen molar-refractivity contribution in [1.29, 1.82) is 0 Å². The summed E-state index contributed by atoms with van der Waals surface area (Å²) in [5.74, 6) is 0.934.